The smallest absolute Gasteiger partial charge is 0.336 e. The lowest BCUT2D eigenvalue weighted by atomic mass is 9.94. The summed E-state index contributed by atoms with van der Waals surface area (Å²) in [7, 11) is 3.99. The summed E-state index contributed by atoms with van der Waals surface area (Å²) in [5.74, 6) is -0.394. The van der Waals surface area contributed by atoms with E-state index in [-0.39, 0.29) is 6.04 Å². The number of amides is 1. The van der Waals surface area contributed by atoms with Crippen LogP contribution < -0.4 is 0 Å². The average molecular weight is 342 g/mol. The average Bonchev–Trinajstić information content (AvgIpc) is 2.52. The van der Waals surface area contributed by atoms with Crippen LogP contribution in [0.3, 0.4) is 0 Å². The van der Waals surface area contributed by atoms with Crippen LogP contribution in [0.25, 0.3) is 0 Å². The molecule has 24 heavy (non-hydrogen) atoms. The Bertz CT molecular complexity index is 540. The first-order valence-corrected chi connectivity index (χ1v) is 8.36. The van der Waals surface area contributed by atoms with Crippen LogP contribution in [0.2, 0.25) is 0 Å². The van der Waals surface area contributed by atoms with E-state index >= 15 is 0 Å². The van der Waals surface area contributed by atoms with Gasteiger partial charge in [0.2, 0.25) is 5.91 Å². The highest BCUT2D eigenvalue weighted by Crippen LogP contribution is 2.32. The third-order valence-corrected chi connectivity index (χ3v) is 4.31. The van der Waals surface area contributed by atoms with Crippen molar-refractivity contribution in [2.75, 3.05) is 20.6 Å². The van der Waals surface area contributed by atoms with E-state index in [9.17, 15) is 18.0 Å². The SMILES string of the molecule is CN(C)Cc1ccc([C@H]2CCCCN2C(=O)CCC(F)(F)F)cc1. The van der Waals surface area contributed by atoms with E-state index < -0.39 is 24.9 Å². The van der Waals surface area contributed by atoms with Crippen LogP contribution in [-0.4, -0.2) is 42.5 Å². The van der Waals surface area contributed by atoms with E-state index in [2.05, 4.69) is 4.90 Å². The molecule has 134 valence electrons. The largest absolute Gasteiger partial charge is 0.389 e. The number of hydrogen-bond acceptors (Lipinski definition) is 2. The van der Waals surface area contributed by atoms with Gasteiger partial charge in [-0.15, -0.1) is 0 Å². The molecule has 0 saturated carbocycles. The van der Waals surface area contributed by atoms with Gasteiger partial charge in [0.15, 0.2) is 0 Å². The first-order chi connectivity index (χ1) is 11.3. The minimum absolute atomic E-state index is 0.104. The lowest BCUT2D eigenvalue weighted by Crippen LogP contribution is -2.38. The third kappa shape index (κ3) is 5.51. The molecule has 1 saturated heterocycles. The standard InChI is InChI=1S/C18H25F3N2O/c1-22(2)13-14-6-8-15(9-7-14)16-5-3-4-12-23(16)17(24)10-11-18(19,20)21/h6-9,16H,3-5,10-13H2,1-2H3/t16-/m1/s1. The van der Waals surface area contributed by atoms with Gasteiger partial charge in [0.25, 0.3) is 0 Å². The molecule has 2 rings (SSSR count). The van der Waals surface area contributed by atoms with Crippen LogP contribution in [0.5, 0.6) is 0 Å². The predicted molar refractivity (Wildman–Crippen MR) is 87.4 cm³/mol. The maximum absolute atomic E-state index is 12.4. The summed E-state index contributed by atoms with van der Waals surface area (Å²) >= 11 is 0. The molecule has 1 aromatic rings. The molecule has 1 aliphatic heterocycles. The van der Waals surface area contributed by atoms with Gasteiger partial charge < -0.3 is 9.80 Å². The van der Waals surface area contributed by atoms with Crippen LogP contribution in [0, 0.1) is 0 Å². The van der Waals surface area contributed by atoms with Crippen LogP contribution >= 0.6 is 0 Å². The summed E-state index contributed by atoms with van der Waals surface area (Å²) in [6.45, 7) is 1.37. The summed E-state index contributed by atoms with van der Waals surface area (Å²) < 4.78 is 37.1. The van der Waals surface area contributed by atoms with Gasteiger partial charge in [-0.05, 0) is 44.5 Å². The maximum Gasteiger partial charge on any atom is 0.389 e. The van der Waals surface area contributed by atoms with Crippen molar-refractivity contribution in [1.82, 2.24) is 9.80 Å². The minimum Gasteiger partial charge on any atom is -0.336 e. The van der Waals surface area contributed by atoms with Gasteiger partial charge in [-0.1, -0.05) is 24.3 Å². The Morgan fingerprint density at radius 3 is 2.46 bits per heavy atom. The van der Waals surface area contributed by atoms with Crippen molar-refractivity contribution in [3.8, 4) is 0 Å². The Morgan fingerprint density at radius 2 is 1.88 bits per heavy atom. The first-order valence-electron chi connectivity index (χ1n) is 8.36. The van der Waals surface area contributed by atoms with Gasteiger partial charge in [-0.2, -0.15) is 13.2 Å². The fourth-order valence-electron chi connectivity index (χ4n) is 3.18. The van der Waals surface area contributed by atoms with Gasteiger partial charge >= 0.3 is 6.18 Å². The van der Waals surface area contributed by atoms with Gasteiger partial charge in [0.1, 0.15) is 0 Å². The molecule has 1 fully saturated rings. The quantitative estimate of drug-likeness (QED) is 0.803. The number of nitrogens with zero attached hydrogens (tertiary/aromatic N) is 2. The topological polar surface area (TPSA) is 23.6 Å². The van der Waals surface area contributed by atoms with E-state index in [1.165, 1.54) is 5.56 Å². The summed E-state index contributed by atoms with van der Waals surface area (Å²) in [5.41, 5.74) is 2.19. The zero-order valence-electron chi connectivity index (χ0n) is 14.3. The molecule has 1 atom stereocenters. The summed E-state index contributed by atoms with van der Waals surface area (Å²) in [6, 6.07) is 7.95. The summed E-state index contributed by atoms with van der Waals surface area (Å²) in [5, 5.41) is 0. The second-order valence-corrected chi connectivity index (χ2v) is 6.69. The van der Waals surface area contributed by atoms with Crippen molar-refractivity contribution in [3.05, 3.63) is 35.4 Å². The van der Waals surface area contributed by atoms with Gasteiger partial charge in [0.05, 0.1) is 12.5 Å². The van der Waals surface area contributed by atoms with E-state index in [0.717, 1.165) is 31.4 Å². The number of carbonyl (C=O) groups is 1. The molecule has 0 aromatic heterocycles. The van der Waals surface area contributed by atoms with Crippen molar-refractivity contribution in [1.29, 1.82) is 0 Å². The molecule has 0 bridgehead atoms. The normalized spacial score (nSPS) is 18.9. The number of rotatable bonds is 5. The molecule has 6 heteroatoms. The molecular formula is C18H25F3N2O. The summed E-state index contributed by atoms with van der Waals surface area (Å²) in [4.78, 5) is 16.0. The Balaban J connectivity index is 2.06. The number of halogens is 3. The molecule has 0 radical (unpaired) electrons. The third-order valence-electron chi connectivity index (χ3n) is 4.31. The Morgan fingerprint density at radius 1 is 1.21 bits per heavy atom. The fraction of sp³-hybridized carbons (Fsp3) is 0.611. The van der Waals surface area contributed by atoms with Crippen LogP contribution in [0.1, 0.15) is 49.3 Å². The second-order valence-electron chi connectivity index (χ2n) is 6.69. The molecule has 3 nitrogen and oxygen atoms in total. The predicted octanol–water partition coefficient (Wildman–Crippen LogP) is 4.14. The molecular weight excluding hydrogens is 317 g/mol. The highest BCUT2D eigenvalue weighted by Gasteiger charge is 2.32. The molecule has 1 aromatic carbocycles. The number of benzene rings is 1. The number of likely N-dealkylation sites (tertiary alicyclic amines) is 1. The molecule has 1 amide bonds. The van der Waals surface area contributed by atoms with Crippen LogP contribution in [0.4, 0.5) is 13.2 Å². The molecule has 0 spiro atoms. The van der Waals surface area contributed by atoms with Gasteiger partial charge in [-0.25, -0.2) is 0 Å². The molecule has 0 N–H and O–H groups in total. The Kier molecular flexibility index (Phi) is 6.27. The lowest BCUT2D eigenvalue weighted by Gasteiger charge is -2.36. The van der Waals surface area contributed by atoms with E-state index in [1.807, 2.05) is 38.4 Å². The highest BCUT2D eigenvalue weighted by molar-refractivity contribution is 5.76. The monoisotopic (exact) mass is 342 g/mol. The van der Waals surface area contributed by atoms with Crippen molar-refractivity contribution in [2.45, 2.75) is 50.9 Å². The van der Waals surface area contributed by atoms with Crippen molar-refractivity contribution >= 4 is 5.91 Å². The molecule has 1 heterocycles. The van der Waals surface area contributed by atoms with Crippen LogP contribution in [0.15, 0.2) is 24.3 Å². The number of piperidine rings is 1. The maximum atomic E-state index is 12.4. The van der Waals surface area contributed by atoms with E-state index in [4.69, 9.17) is 0 Å². The zero-order valence-corrected chi connectivity index (χ0v) is 14.3. The number of hydrogen-bond donors (Lipinski definition) is 0. The number of alkyl halides is 3. The summed E-state index contributed by atoms with van der Waals surface area (Å²) in [6.07, 6.45) is -3.13. The van der Waals surface area contributed by atoms with Crippen LogP contribution in [-0.2, 0) is 11.3 Å². The highest BCUT2D eigenvalue weighted by atomic mass is 19.4. The van der Waals surface area contributed by atoms with E-state index in [0.29, 0.717) is 6.54 Å². The van der Waals surface area contributed by atoms with Crippen molar-refractivity contribution in [3.63, 3.8) is 0 Å². The molecule has 1 aliphatic rings. The number of carbonyl (C=O) groups excluding carboxylic acids is 1. The minimum atomic E-state index is -4.28. The van der Waals surface area contributed by atoms with Gasteiger partial charge in [-0.3, -0.25) is 4.79 Å². The fourth-order valence-corrected chi connectivity index (χ4v) is 3.18. The molecule has 0 unspecified atom stereocenters. The van der Waals surface area contributed by atoms with E-state index in [1.54, 1.807) is 4.90 Å². The van der Waals surface area contributed by atoms with Crippen molar-refractivity contribution < 1.29 is 18.0 Å². The second kappa shape index (κ2) is 8.01. The zero-order chi connectivity index (χ0) is 17.7. The Labute approximate surface area is 141 Å². The molecule has 0 aliphatic carbocycles. The van der Waals surface area contributed by atoms with Crippen molar-refractivity contribution in [2.24, 2.45) is 0 Å². The lowest BCUT2D eigenvalue weighted by molar-refractivity contribution is -0.151. The first kappa shape index (κ1) is 18.8. The Hall–Kier alpha value is -1.56. The van der Waals surface area contributed by atoms with Gasteiger partial charge in [0, 0.05) is 19.5 Å².